The zero-order valence-corrected chi connectivity index (χ0v) is 48.6. The normalized spacial score (nSPS) is 14.4. The molecule has 2 saturated heterocycles. The van der Waals surface area contributed by atoms with Crippen molar-refractivity contribution in [2.24, 2.45) is 11.5 Å². The first-order chi connectivity index (χ1) is 40.2. The molecule has 2 aliphatic rings. The summed E-state index contributed by atoms with van der Waals surface area (Å²) in [7, 11) is 7.36. The molecule has 10 rings (SSSR count). The number of alkyl halides is 1. The molecule has 5 N–H and O–H groups in total. The number of amides is 4. The number of likely N-dealkylation sites (N-methyl/N-ethyl adjacent to an activating group) is 2. The van der Waals surface area contributed by atoms with E-state index in [1.807, 2.05) is 125 Å². The van der Waals surface area contributed by atoms with E-state index in [0.29, 0.717) is 18.7 Å². The van der Waals surface area contributed by atoms with Gasteiger partial charge in [-0.1, -0.05) is 217 Å². The van der Waals surface area contributed by atoms with E-state index in [0.717, 1.165) is 98.6 Å². The smallest absolute Gasteiger partial charge is 0.241 e. The number of carbonyl (C=O) groups excluding carboxylic acids is 4. The quantitative estimate of drug-likeness (QED) is 0.0643. The molecule has 0 saturated carbocycles. The molecule has 0 spiro atoms. The summed E-state index contributed by atoms with van der Waals surface area (Å²) in [4.78, 5) is 58.5. The first-order valence-corrected chi connectivity index (χ1v) is 28.6. The van der Waals surface area contributed by atoms with Gasteiger partial charge in [0, 0.05) is 28.2 Å². The minimum atomic E-state index is -0.807. The molecule has 0 bridgehead atoms. The van der Waals surface area contributed by atoms with Gasteiger partial charge in [-0.05, 0) is 116 Å². The van der Waals surface area contributed by atoms with Crippen LogP contribution in [0.3, 0.4) is 0 Å². The van der Waals surface area contributed by atoms with E-state index in [2.05, 4.69) is 136 Å². The van der Waals surface area contributed by atoms with Crippen LogP contribution in [0.5, 0.6) is 0 Å². The number of tetrazole rings is 2. The highest BCUT2D eigenvalue weighted by Gasteiger charge is 2.47. The Kier molecular flexibility index (Phi) is 26.9. The number of halogens is 1. The van der Waals surface area contributed by atoms with Crippen molar-refractivity contribution in [2.75, 3.05) is 73.3 Å². The van der Waals surface area contributed by atoms with Crippen molar-refractivity contribution in [3.05, 3.63) is 227 Å². The number of benzene rings is 6. The number of hydrogen-bond acceptors (Lipinski definition) is 12. The maximum absolute atomic E-state index is 14.0. The molecule has 18 nitrogen and oxygen atoms in total. The Morgan fingerprint density at radius 1 is 0.506 bits per heavy atom. The highest BCUT2D eigenvalue weighted by atomic mass is 35.5. The number of piperidine rings is 2. The Labute approximate surface area is 520 Å². The molecule has 2 aromatic heterocycles. The molecule has 19 heteroatoms. The summed E-state index contributed by atoms with van der Waals surface area (Å²) < 4.78 is 0. The molecule has 2 aliphatic heterocycles. The number of hydrogen-bond donors (Lipinski definition) is 3. The fourth-order valence-electron chi connectivity index (χ4n) is 12.0. The van der Waals surface area contributed by atoms with Crippen LogP contribution in [0.2, 0.25) is 0 Å². The van der Waals surface area contributed by atoms with Gasteiger partial charge in [-0.25, -0.2) is 0 Å². The van der Waals surface area contributed by atoms with Crippen molar-refractivity contribution >= 4 is 35.2 Å². The van der Waals surface area contributed by atoms with Crippen LogP contribution < -0.4 is 11.5 Å². The average molecular weight is 1200 g/mol. The third-order valence-electron chi connectivity index (χ3n) is 16.4. The van der Waals surface area contributed by atoms with E-state index in [4.69, 9.17) is 17.3 Å². The van der Waals surface area contributed by atoms with Gasteiger partial charge < -0.3 is 31.1 Å². The van der Waals surface area contributed by atoms with Gasteiger partial charge in [0.15, 0.2) is 11.6 Å². The molecule has 8 aromatic rings. The number of aromatic nitrogens is 8. The minimum Gasteiger partial charge on any atom is -0.369 e. The maximum atomic E-state index is 14.0. The number of likely N-dealkylation sites (tertiary alicyclic amines) is 2. The zero-order chi connectivity index (χ0) is 58.9. The van der Waals surface area contributed by atoms with Crippen LogP contribution in [0.1, 0.15) is 113 Å². The lowest BCUT2D eigenvalue weighted by molar-refractivity contribution is -0.134. The Hall–Kier alpha value is -8.45. The topological polar surface area (TPSA) is 231 Å². The summed E-state index contributed by atoms with van der Waals surface area (Å²) in [6, 6.07) is 61.5. The Balaban J connectivity index is 0.000000332. The summed E-state index contributed by atoms with van der Waals surface area (Å²) >= 11 is 4.86. The van der Waals surface area contributed by atoms with Crippen LogP contribution in [0.4, 0.5) is 0 Å². The van der Waals surface area contributed by atoms with Crippen LogP contribution in [-0.4, -0.2) is 157 Å². The minimum absolute atomic E-state index is 0. The number of rotatable bonds is 19. The third-order valence-corrected chi connectivity index (χ3v) is 16.6. The molecular formula is C68H91ClN14O4. The molecule has 0 unspecified atom stereocenters. The van der Waals surface area contributed by atoms with Crippen molar-refractivity contribution in [1.29, 1.82) is 0 Å². The number of aromatic amines is 1. The predicted octanol–water partition coefficient (Wildman–Crippen LogP) is 9.31. The van der Waals surface area contributed by atoms with E-state index in [9.17, 15) is 19.2 Å². The summed E-state index contributed by atoms with van der Waals surface area (Å²) in [5, 5.41) is 28.4. The molecule has 0 atom stereocenters. The summed E-state index contributed by atoms with van der Waals surface area (Å²) in [5.74, 6) is 0.462. The SMILES string of the molecule is C.C.C.C.CN(C)C(=O)C(CCN1CCC(c2ccccc2)(c2nn[nH]n2)CC1)(c1ccccc1)c1ccccc1.CN(C)C(=O)C(CCN1CCC(c2ccccc2)(c2nnn(CC(N)=O)n2)CC1)(c1ccccc1)c1ccccc1.NC(=O)CCl. The predicted molar refractivity (Wildman–Crippen MR) is 348 cm³/mol. The molecule has 0 radical (unpaired) electrons. The van der Waals surface area contributed by atoms with Gasteiger partial charge >= 0.3 is 0 Å². The second kappa shape index (κ2) is 32.9. The molecule has 4 heterocycles. The van der Waals surface area contributed by atoms with Gasteiger partial charge in [-0.15, -0.1) is 32.0 Å². The lowest BCUT2D eigenvalue weighted by Gasteiger charge is -2.42. The lowest BCUT2D eigenvalue weighted by Crippen LogP contribution is -2.49. The Morgan fingerprint density at radius 2 is 0.828 bits per heavy atom. The van der Waals surface area contributed by atoms with Gasteiger partial charge in [-0.3, -0.25) is 19.2 Å². The summed E-state index contributed by atoms with van der Waals surface area (Å²) in [6.07, 6.45) is 4.68. The first kappa shape index (κ1) is 71.0. The van der Waals surface area contributed by atoms with Crippen LogP contribution in [0, 0.1) is 0 Å². The number of carbonyl (C=O) groups is 4. The fourth-order valence-corrected chi connectivity index (χ4v) is 12.0. The highest BCUT2D eigenvalue weighted by Crippen LogP contribution is 2.44. The fraction of sp³-hybridized carbons (Fsp3) is 0.382. The molecule has 0 aliphatic carbocycles. The van der Waals surface area contributed by atoms with Crippen LogP contribution in [-0.2, 0) is 47.4 Å². The Morgan fingerprint density at radius 3 is 1.11 bits per heavy atom. The van der Waals surface area contributed by atoms with E-state index in [-0.39, 0.29) is 59.4 Å². The van der Waals surface area contributed by atoms with E-state index in [1.165, 1.54) is 10.4 Å². The van der Waals surface area contributed by atoms with E-state index in [1.54, 1.807) is 9.80 Å². The third kappa shape index (κ3) is 16.2. The zero-order valence-electron chi connectivity index (χ0n) is 47.8. The highest BCUT2D eigenvalue weighted by molar-refractivity contribution is 6.27. The molecule has 87 heavy (non-hydrogen) atoms. The van der Waals surface area contributed by atoms with Crippen molar-refractivity contribution < 1.29 is 19.2 Å². The second-order valence-electron chi connectivity index (χ2n) is 21.7. The van der Waals surface area contributed by atoms with E-state index >= 15 is 0 Å². The average Bonchev–Trinajstić information content (AvgIpc) is 1.88. The van der Waals surface area contributed by atoms with Crippen molar-refractivity contribution in [3.8, 4) is 0 Å². The Bertz CT molecular complexity index is 3210. The molecule has 6 aromatic carbocycles. The van der Waals surface area contributed by atoms with Crippen molar-refractivity contribution in [3.63, 3.8) is 0 Å². The van der Waals surface area contributed by atoms with Crippen molar-refractivity contribution in [2.45, 2.75) is 96.4 Å². The summed E-state index contributed by atoms with van der Waals surface area (Å²) in [5.41, 5.74) is 14.0. The molecule has 4 amide bonds. The van der Waals surface area contributed by atoms with Gasteiger partial charge in [0.2, 0.25) is 23.6 Å². The van der Waals surface area contributed by atoms with E-state index < -0.39 is 28.1 Å². The lowest BCUT2D eigenvalue weighted by atomic mass is 9.70. The van der Waals surface area contributed by atoms with Gasteiger partial charge in [0.25, 0.3) is 0 Å². The van der Waals surface area contributed by atoms with Gasteiger partial charge in [0.05, 0.1) is 10.8 Å². The van der Waals surface area contributed by atoms with Gasteiger partial charge in [-0.2, -0.15) is 10.0 Å². The van der Waals surface area contributed by atoms with Crippen LogP contribution in [0.15, 0.2) is 182 Å². The number of nitrogens with zero attached hydrogens (tertiary/aromatic N) is 11. The molecule has 464 valence electrons. The number of primary amides is 2. The largest absolute Gasteiger partial charge is 0.369 e. The first-order valence-electron chi connectivity index (χ1n) is 28.0. The second-order valence-corrected chi connectivity index (χ2v) is 22.0. The number of H-pyrrole nitrogens is 1. The standard InChI is InChI=1S/C32H37N7O2.C30H34N6O.C2H4ClNO.4CH4/c1-37(2)30(41)32(26-14-8-4-9-15-26,27-16-10-5-11-17-27)20-23-38-21-18-31(19-22-38,25-12-6-3-7-13-25)29-34-36-39(35-29)24-28(33)40;1-35(2)28(37)30(25-14-8-4-9-15-25,26-16-10-5-11-17-26)20-23-36-21-18-29(19-22-36,27-31-33-34-32-27)24-12-6-3-7-13-24;3-1-2(4)5;;;;/h3-17H,18-24H2,1-2H3,(H2,33,40);3-17H,18-23H2,1-2H3,(H,31,32,33,34);1H2,(H2,4,5);4*1H4. The number of nitrogens with one attached hydrogen (secondary N) is 1. The summed E-state index contributed by atoms with van der Waals surface area (Å²) in [6.45, 7) is 4.82. The maximum Gasteiger partial charge on any atom is 0.241 e. The van der Waals surface area contributed by atoms with Crippen molar-refractivity contribution in [1.82, 2.24) is 60.4 Å². The molecular weight excluding hydrogens is 1110 g/mol. The monoisotopic (exact) mass is 1200 g/mol. The molecule has 2 fully saturated rings. The van der Waals surface area contributed by atoms with Gasteiger partial charge in [0.1, 0.15) is 23.3 Å². The van der Waals surface area contributed by atoms with Crippen LogP contribution in [0.25, 0.3) is 0 Å². The number of nitrogens with two attached hydrogens (primary N) is 2. The van der Waals surface area contributed by atoms with Crippen LogP contribution >= 0.6 is 11.6 Å².